The lowest BCUT2D eigenvalue weighted by Crippen LogP contribution is -2.49. The van der Waals surface area contributed by atoms with Gasteiger partial charge >= 0.3 is 0 Å². The number of anilines is 3. The first-order valence-corrected chi connectivity index (χ1v) is 13.0. The molecule has 1 amide bonds. The third-order valence-corrected chi connectivity index (χ3v) is 8.85. The molecular weight excluding hydrogens is 462 g/mol. The molecule has 1 saturated carbocycles. The van der Waals surface area contributed by atoms with E-state index in [1.54, 1.807) is 12.1 Å². The normalized spacial score (nSPS) is 22.6. The Morgan fingerprint density at radius 2 is 1.88 bits per heavy atom. The molecule has 1 aliphatic carbocycles. The number of hydrogen-bond acceptors (Lipinski definition) is 5. The summed E-state index contributed by atoms with van der Waals surface area (Å²) in [4.78, 5) is 12.3. The monoisotopic (exact) mass is 490 g/mol. The molecular formula is C24H28F2N4O3S. The van der Waals surface area contributed by atoms with Gasteiger partial charge in [0.1, 0.15) is 16.5 Å². The highest BCUT2D eigenvalue weighted by Gasteiger charge is 2.52. The maximum absolute atomic E-state index is 14.2. The highest BCUT2D eigenvalue weighted by molar-refractivity contribution is 7.92. The summed E-state index contributed by atoms with van der Waals surface area (Å²) in [5, 5.41) is 9.95. The average Bonchev–Trinajstić information content (AvgIpc) is 3.01. The molecule has 2 aromatic rings. The predicted molar refractivity (Wildman–Crippen MR) is 126 cm³/mol. The number of amides is 1. The number of carbonyl (C=O) groups is 1. The molecule has 4 N–H and O–H groups in total. The van der Waals surface area contributed by atoms with Gasteiger partial charge in [0.15, 0.2) is 0 Å². The van der Waals surface area contributed by atoms with Crippen LogP contribution in [0, 0.1) is 17.0 Å². The van der Waals surface area contributed by atoms with Crippen molar-refractivity contribution in [1.29, 1.82) is 0 Å². The summed E-state index contributed by atoms with van der Waals surface area (Å²) in [7, 11) is -4.33. The lowest BCUT2D eigenvalue weighted by molar-refractivity contribution is -0.123. The van der Waals surface area contributed by atoms with E-state index in [2.05, 4.69) is 34.5 Å². The van der Waals surface area contributed by atoms with Crippen molar-refractivity contribution >= 4 is 33.0 Å². The summed E-state index contributed by atoms with van der Waals surface area (Å²) in [5.41, 5.74) is 1.53. The Labute approximate surface area is 197 Å². The zero-order valence-electron chi connectivity index (χ0n) is 19.1. The van der Waals surface area contributed by atoms with E-state index in [9.17, 15) is 22.0 Å². The van der Waals surface area contributed by atoms with Gasteiger partial charge in [0.2, 0.25) is 5.91 Å². The van der Waals surface area contributed by atoms with Crippen molar-refractivity contribution < 1.29 is 22.0 Å². The predicted octanol–water partition coefficient (Wildman–Crippen LogP) is 3.94. The number of benzene rings is 2. The molecule has 1 unspecified atom stereocenters. The van der Waals surface area contributed by atoms with Crippen LogP contribution >= 0.6 is 0 Å². The molecule has 7 nitrogen and oxygen atoms in total. The number of sulfonamides is 1. The number of fused-ring (bicyclic) bond motifs is 2. The molecule has 182 valence electrons. The third-order valence-electron chi connectivity index (χ3n) is 7.43. The molecule has 1 atom stereocenters. The first-order valence-electron chi connectivity index (χ1n) is 11.5. The largest absolute Gasteiger partial charge is 0.380 e. The standard InChI is InChI=1S/C24H28F2N4O3S/c1-23(2)13-27-9-6-20(23)28-18-12-15(11-16-21(18)29-22(31)24(16)7-3-8-24)30-34(32,33)19-5-4-14(25)10-17(19)26/h4-5,10-12,20,27-28,30H,3,6-9,13H2,1-2H3,(H,29,31). The second kappa shape index (κ2) is 7.91. The van der Waals surface area contributed by atoms with Crippen LogP contribution in [-0.4, -0.2) is 33.5 Å². The van der Waals surface area contributed by atoms with Gasteiger partial charge in [-0.15, -0.1) is 0 Å². The quantitative estimate of drug-likeness (QED) is 0.509. The van der Waals surface area contributed by atoms with E-state index >= 15 is 0 Å². The lowest BCUT2D eigenvalue weighted by atomic mass is 9.65. The van der Waals surface area contributed by atoms with Gasteiger partial charge in [-0.25, -0.2) is 17.2 Å². The zero-order valence-corrected chi connectivity index (χ0v) is 19.9. The minimum Gasteiger partial charge on any atom is -0.380 e. The van der Waals surface area contributed by atoms with Crippen LogP contribution in [0.4, 0.5) is 25.8 Å². The molecule has 1 spiro atoms. The van der Waals surface area contributed by atoms with Crippen molar-refractivity contribution in [1.82, 2.24) is 5.32 Å². The molecule has 2 aliphatic heterocycles. The molecule has 3 aliphatic rings. The molecule has 1 saturated heterocycles. The Morgan fingerprint density at radius 3 is 2.53 bits per heavy atom. The van der Waals surface area contributed by atoms with Gasteiger partial charge in [-0.3, -0.25) is 9.52 Å². The van der Waals surface area contributed by atoms with Crippen LogP contribution in [0.3, 0.4) is 0 Å². The fraction of sp³-hybridized carbons (Fsp3) is 0.458. The highest BCUT2D eigenvalue weighted by atomic mass is 32.2. The fourth-order valence-electron chi connectivity index (χ4n) is 5.24. The topological polar surface area (TPSA) is 99.3 Å². The minimum absolute atomic E-state index is 0.0747. The Bertz CT molecular complexity index is 1280. The first-order chi connectivity index (χ1) is 16.0. The van der Waals surface area contributed by atoms with E-state index in [0.717, 1.165) is 43.6 Å². The van der Waals surface area contributed by atoms with Gasteiger partial charge in [0.25, 0.3) is 10.0 Å². The smallest absolute Gasteiger partial charge is 0.264 e. The molecule has 5 rings (SSSR count). The Kier molecular flexibility index (Phi) is 5.36. The van der Waals surface area contributed by atoms with Crippen LogP contribution in [0.15, 0.2) is 35.2 Å². The number of rotatable bonds is 5. The highest BCUT2D eigenvalue weighted by Crippen LogP contribution is 2.54. The van der Waals surface area contributed by atoms with Crippen molar-refractivity contribution in [3.63, 3.8) is 0 Å². The second-order valence-electron chi connectivity index (χ2n) is 10.2. The number of piperidine rings is 1. The summed E-state index contributed by atoms with van der Waals surface area (Å²) >= 11 is 0. The maximum atomic E-state index is 14.2. The van der Waals surface area contributed by atoms with Crippen LogP contribution in [0.2, 0.25) is 0 Å². The minimum atomic E-state index is -4.33. The molecule has 0 bridgehead atoms. The summed E-state index contributed by atoms with van der Waals surface area (Å²) < 4.78 is 55.9. The first kappa shape index (κ1) is 23.0. The van der Waals surface area contributed by atoms with Gasteiger partial charge in [-0.1, -0.05) is 20.3 Å². The van der Waals surface area contributed by atoms with E-state index in [4.69, 9.17) is 0 Å². The van der Waals surface area contributed by atoms with Crippen molar-refractivity contribution in [2.75, 3.05) is 28.4 Å². The van der Waals surface area contributed by atoms with Crippen LogP contribution in [0.25, 0.3) is 0 Å². The van der Waals surface area contributed by atoms with Crippen LogP contribution < -0.4 is 20.7 Å². The molecule has 2 aromatic carbocycles. The van der Waals surface area contributed by atoms with E-state index in [1.165, 1.54) is 0 Å². The molecule has 0 aromatic heterocycles. The fourth-order valence-corrected chi connectivity index (χ4v) is 6.34. The third kappa shape index (κ3) is 3.73. The van der Waals surface area contributed by atoms with E-state index < -0.39 is 32.0 Å². The van der Waals surface area contributed by atoms with Crippen LogP contribution in [0.5, 0.6) is 0 Å². The lowest BCUT2D eigenvalue weighted by Gasteiger charge is -2.40. The van der Waals surface area contributed by atoms with Gasteiger partial charge in [0, 0.05) is 18.7 Å². The van der Waals surface area contributed by atoms with Crippen LogP contribution in [0.1, 0.15) is 45.1 Å². The summed E-state index contributed by atoms with van der Waals surface area (Å²) in [6.07, 6.45) is 3.14. The van der Waals surface area contributed by atoms with Crippen molar-refractivity contribution in [3.8, 4) is 0 Å². The van der Waals surface area contributed by atoms with Crippen LogP contribution in [-0.2, 0) is 20.2 Å². The number of nitrogens with one attached hydrogen (secondary N) is 4. The van der Waals surface area contributed by atoms with Crippen molar-refractivity contribution in [2.24, 2.45) is 5.41 Å². The van der Waals surface area contributed by atoms with Gasteiger partial charge < -0.3 is 16.0 Å². The Morgan fingerprint density at radius 1 is 1.12 bits per heavy atom. The molecule has 2 heterocycles. The Balaban J connectivity index is 1.56. The molecule has 10 heteroatoms. The number of halogens is 2. The second-order valence-corrected chi connectivity index (χ2v) is 11.8. The summed E-state index contributed by atoms with van der Waals surface area (Å²) in [6, 6.07) is 5.72. The number of hydrogen-bond donors (Lipinski definition) is 4. The van der Waals surface area contributed by atoms with E-state index in [1.807, 2.05) is 0 Å². The summed E-state index contributed by atoms with van der Waals surface area (Å²) in [5.74, 6) is -2.11. The van der Waals surface area contributed by atoms with Crippen molar-refractivity contribution in [2.45, 2.75) is 55.9 Å². The van der Waals surface area contributed by atoms with E-state index in [0.29, 0.717) is 30.3 Å². The van der Waals surface area contributed by atoms with Crippen molar-refractivity contribution in [3.05, 3.63) is 47.5 Å². The molecule has 34 heavy (non-hydrogen) atoms. The molecule has 2 fully saturated rings. The zero-order chi connectivity index (χ0) is 24.3. The van der Waals surface area contributed by atoms with Gasteiger partial charge in [-0.2, -0.15) is 0 Å². The summed E-state index contributed by atoms with van der Waals surface area (Å²) in [6.45, 7) is 5.95. The number of carbonyl (C=O) groups excluding carboxylic acids is 1. The average molecular weight is 491 g/mol. The molecule has 0 radical (unpaired) electrons. The van der Waals surface area contributed by atoms with Gasteiger partial charge in [-0.05, 0) is 61.1 Å². The van der Waals surface area contributed by atoms with E-state index in [-0.39, 0.29) is 23.1 Å². The Hall–Kier alpha value is -2.72. The SMILES string of the molecule is CC1(C)CNCCC1Nc1cc(NS(=O)(=O)c2ccc(F)cc2F)cc2c1NC(=O)C21CCC1. The van der Waals surface area contributed by atoms with Gasteiger partial charge in [0.05, 0.1) is 22.5 Å². The maximum Gasteiger partial charge on any atom is 0.264 e.